The SMILES string of the molecule is CCCCCCCCCCCCCCCCCCCCCC(=O)OC[C@@H](COC(=O)CCCCCCCCCCCCCCCCC(C)CC)OC(=O)CCCCCCCCCCCCCCCCC(C)C. The second-order valence-corrected chi connectivity index (χ2v) is 23.5. The minimum atomic E-state index is -0.764. The van der Waals surface area contributed by atoms with Gasteiger partial charge in [0.1, 0.15) is 13.2 Å². The molecule has 0 rings (SSSR count). The van der Waals surface area contributed by atoms with E-state index in [0.29, 0.717) is 19.3 Å². The zero-order chi connectivity index (χ0) is 52.5. The van der Waals surface area contributed by atoms with Crippen LogP contribution in [0.3, 0.4) is 0 Å². The molecule has 0 fully saturated rings. The van der Waals surface area contributed by atoms with Crippen LogP contribution in [0.4, 0.5) is 0 Å². The lowest BCUT2D eigenvalue weighted by Crippen LogP contribution is -2.30. The molecule has 6 nitrogen and oxygen atoms in total. The van der Waals surface area contributed by atoms with Crippen molar-refractivity contribution in [2.75, 3.05) is 13.2 Å². The summed E-state index contributed by atoms with van der Waals surface area (Å²) in [5.41, 5.74) is 0. The van der Waals surface area contributed by atoms with E-state index >= 15 is 0 Å². The highest BCUT2D eigenvalue weighted by atomic mass is 16.6. The van der Waals surface area contributed by atoms with Crippen LogP contribution in [0.2, 0.25) is 0 Å². The van der Waals surface area contributed by atoms with E-state index in [4.69, 9.17) is 14.2 Å². The normalized spacial score (nSPS) is 12.4. The number of ether oxygens (including phenoxy) is 3. The third-order valence-corrected chi connectivity index (χ3v) is 15.6. The molecule has 0 saturated heterocycles. The van der Waals surface area contributed by atoms with Gasteiger partial charge in [0.25, 0.3) is 0 Å². The Bertz CT molecular complexity index is 1110. The first kappa shape index (κ1) is 70.4. The van der Waals surface area contributed by atoms with Crippen molar-refractivity contribution in [1.82, 2.24) is 0 Å². The van der Waals surface area contributed by atoms with Crippen molar-refractivity contribution in [3.05, 3.63) is 0 Å². The number of rotatable bonds is 60. The molecule has 1 unspecified atom stereocenters. The Balaban J connectivity index is 4.29. The number of hydrogen-bond acceptors (Lipinski definition) is 6. The van der Waals surface area contributed by atoms with Gasteiger partial charge in [-0.05, 0) is 31.1 Å². The summed E-state index contributed by atoms with van der Waals surface area (Å²) >= 11 is 0. The number of hydrogen-bond donors (Lipinski definition) is 0. The number of esters is 3. The molecule has 0 aliphatic rings. The van der Waals surface area contributed by atoms with Crippen LogP contribution in [0.5, 0.6) is 0 Å². The van der Waals surface area contributed by atoms with E-state index in [9.17, 15) is 14.4 Å². The van der Waals surface area contributed by atoms with Crippen LogP contribution in [0.25, 0.3) is 0 Å². The molecule has 0 N–H and O–H groups in total. The molecule has 0 spiro atoms. The first-order valence-corrected chi connectivity index (χ1v) is 32.8. The summed E-state index contributed by atoms with van der Waals surface area (Å²) in [6.45, 7) is 11.5. The summed E-state index contributed by atoms with van der Waals surface area (Å²) in [6.07, 6.45) is 65.3. The predicted octanol–water partition coefficient (Wildman–Crippen LogP) is 22.0. The number of unbranched alkanes of at least 4 members (excludes halogenated alkanes) is 44. The van der Waals surface area contributed by atoms with E-state index in [0.717, 1.165) is 69.6 Å². The standard InChI is InChI=1S/C66H128O6/c1-6-8-9-10-11-12-13-14-15-16-17-18-19-26-31-36-41-46-51-56-64(67)70-59-63(72-66(69)58-53-48-43-38-33-28-22-20-24-29-34-39-44-49-54-61(3)4)60-71-65(68)57-52-47-42-37-32-27-23-21-25-30-35-40-45-50-55-62(5)7-2/h61-63H,6-60H2,1-5H3/t62?,63-/m0/s1. The number of carbonyl (C=O) groups is 3. The van der Waals surface area contributed by atoms with Crippen LogP contribution in [0, 0.1) is 11.8 Å². The Morgan fingerprint density at radius 1 is 0.292 bits per heavy atom. The van der Waals surface area contributed by atoms with E-state index in [1.54, 1.807) is 0 Å². The molecule has 0 aromatic rings. The maximum absolute atomic E-state index is 12.9. The molecule has 72 heavy (non-hydrogen) atoms. The van der Waals surface area contributed by atoms with Gasteiger partial charge in [-0.25, -0.2) is 0 Å². The fraction of sp³-hybridized carbons (Fsp3) is 0.955. The molecule has 6 heteroatoms. The van der Waals surface area contributed by atoms with Crippen LogP contribution in [-0.4, -0.2) is 37.2 Å². The van der Waals surface area contributed by atoms with Gasteiger partial charge in [-0.15, -0.1) is 0 Å². The monoisotopic (exact) mass is 1020 g/mol. The lowest BCUT2D eigenvalue weighted by atomic mass is 9.99. The molecule has 2 atom stereocenters. The molecule has 0 saturated carbocycles. The summed E-state index contributed by atoms with van der Waals surface area (Å²) < 4.78 is 17.0. The summed E-state index contributed by atoms with van der Waals surface area (Å²) in [5.74, 6) is 0.909. The molecule has 0 aliphatic heterocycles. The molecule has 0 aromatic carbocycles. The molecule has 0 aliphatic carbocycles. The van der Waals surface area contributed by atoms with Gasteiger partial charge in [0.2, 0.25) is 0 Å². The zero-order valence-corrected chi connectivity index (χ0v) is 49.6. The van der Waals surface area contributed by atoms with E-state index < -0.39 is 6.10 Å². The highest BCUT2D eigenvalue weighted by Gasteiger charge is 2.19. The quantitative estimate of drug-likeness (QED) is 0.0343. The van der Waals surface area contributed by atoms with Crippen molar-refractivity contribution in [1.29, 1.82) is 0 Å². The molecule has 0 bridgehead atoms. The molecule has 428 valence electrons. The first-order valence-electron chi connectivity index (χ1n) is 32.8. The largest absolute Gasteiger partial charge is 0.462 e. The molecular formula is C66H128O6. The molecular weight excluding hydrogens is 889 g/mol. The van der Waals surface area contributed by atoms with Crippen LogP contribution < -0.4 is 0 Å². The second-order valence-electron chi connectivity index (χ2n) is 23.5. The maximum atomic E-state index is 12.9. The topological polar surface area (TPSA) is 78.9 Å². The van der Waals surface area contributed by atoms with Gasteiger partial charge in [0, 0.05) is 19.3 Å². The third-order valence-electron chi connectivity index (χ3n) is 15.6. The summed E-state index contributed by atoms with van der Waals surface area (Å²) in [5, 5.41) is 0. The average Bonchev–Trinajstić information content (AvgIpc) is 3.37. The van der Waals surface area contributed by atoms with Gasteiger partial charge < -0.3 is 14.2 Å². The van der Waals surface area contributed by atoms with Crippen LogP contribution in [0.15, 0.2) is 0 Å². The fourth-order valence-electron chi connectivity index (χ4n) is 10.3. The Labute approximate surface area is 450 Å². The summed E-state index contributed by atoms with van der Waals surface area (Å²) in [7, 11) is 0. The van der Waals surface area contributed by atoms with Gasteiger partial charge >= 0.3 is 17.9 Å². The average molecular weight is 1020 g/mol. The van der Waals surface area contributed by atoms with E-state index in [-0.39, 0.29) is 31.1 Å². The summed E-state index contributed by atoms with van der Waals surface area (Å²) in [6, 6.07) is 0. The van der Waals surface area contributed by atoms with Crippen molar-refractivity contribution in [2.45, 2.75) is 381 Å². The molecule has 0 amide bonds. The lowest BCUT2D eigenvalue weighted by Gasteiger charge is -2.18. The predicted molar refractivity (Wildman–Crippen MR) is 312 cm³/mol. The smallest absolute Gasteiger partial charge is 0.306 e. The number of carbonyl (C=O) groups excluding carboxylic acids is 3. The van der Waals surface area contributed by atoms with Gasteiger partial charge in [0.15, 0.2) is 6.10 Å². The van der Waals surface area contributed by atoms with Gasteiger partial charge in [-0.1, -0.05) is 336 Å². The van der Waals surface area contributed by atoms with Gasteiger partial charge in [-0.3, -0.25) is 14.4 Å². The van der Waals surface area contributed by atoms with E-state index in [1.807, 2.05) is 0 Å². The molecule has 0 aromatic heterocycles. The lowest BCUT2D eigenvalue weighted by molar-refractivity contribution is -0.167. The highest BCUT2D eigenvalue weighted by molar-refractivity contribution is 5.71. The van der Waals surface area contributed by atoms with E-state index in [1.165, 1.54) is 263 Å². The zero-order valence-electron chi connectivity index (χ0n) is 49.6. The van der Waals surface area contributed by atoms with Crippen molar-refractivity contribution in [2.24, 2.45) is 11.8 Å². The minimum absolute atomic E-state index is 0.0617. The maximum Gasteiger partial charge on any atom is 0.306 e. The Kier molecular flexibility index (Phi) is 57.4. The van der Waals surface area contributed by atoms with Crippen LogP contribution >= 0.6 is 0 Å². The van der Waals surface area contributed by atoms with Crippen molar-refractivity contribution in [3.8, 4) is 0 Å². The second kappa shape index (κ2) is 58.7. The Morgan fingerprint density at radius 2 is 0.528 bits per heavy atom. The van der Waals surface area contributed by atoms with Gasteiger partial charge in [-0.2, -0.15) is 0 Å². The summed E-state index contributed by atoms with van der Waals surface area (Å²) in [4.78, 5) is 38.4. The minimum Gasteiger partial charge on any atom is -0.462 e. The fourth-order valence-corrected chi connectivity index (χ4v) is 10.3. The van der Waals surface area contributed by atoms with Crippen molar-refractivity contribution >= 4 is 17.9 Å². The van der Waals surface area contributed by atoms with Crippen molar-refractivity contribution in [3.63, 3.8) is 0 Å². The third kappa shape index (κ3) is 57.7. The molecule has 0 heterocycles. The Hall–Kier alpha value is -1.59. The van der Waals surface area contributed by atoms with Crippen LogP contribution in [-0.2, 0) is 28.6 Å². The van der Waals surface area contributed by atoms with E-state index in [2.05, 4.69) is 34.6 Å². The molecule has 0 radical (unpaired) electrons. The van der Waals surface area contributed by atoms with Crippen LogP contribution in [0.1, 0.15) is 375 Å². The van der Waals surface area contributed by atoms with Crippen molar-refractivity contribution < 1.29 is 28.6 Å². The van der Waals surface area contributed by atoms with Gasteiger partial charge in [0.05, 0.1) is 0 Å². The first-order chi connectivity index (χ1) is 35.3. The highest BCUT2D eigenvalue weighted by Crippen LogP contribution is 2.19. The Morgan fingerprint density at radius 3 is 0.792 bits per heavy atom.